The molecule has 2 aromatic rings. The monoisotopic (exact) mass is 370 g/mol. The topological polar surface area (TPSA) is 76.5 Å². The number of aryl methyl sites for hydroxylation is 3. The molecule has 144 valence electrons. The quantitative estimate of drug-likeness (QED) is 0.600. The van der Waals surface area contributed by atoms with Gasteiger partial charge in [0.05, 0.1) is 12.8 Å². The summed E-state index contributed by atoms with van der Waals surface area (Å²) in [5, 5.41) is 7.00. The molecule has 0 unspecified atom stereocenters. The van der Waals surface area contributed by atoms with E-state index in [0.29, 0.717) is 31.6 Å². The first kappa shape index (κ1) is 18.9. The third-order valence-corrected chi connectivity index (χ3v) is 4.89. The molecular formula is C20H26N4O3. The fraction of sp³-hybridized carbons (Fsp3) is 0.450. The number of urea groups is 1. The zero-order chi connectivity index (χ0) is 19.6. The van der Waals surface area contributed by atoms with Crippen molar-refractivity contribution in [3.63, 3.8) is 0 Å². The summed E-state index contributed by atoms with van der Waals surface area (Å²) >= 11 is 0. The summed E-state index contributed by atoms with van der Waals surface area (Å²) in [6.07, 6.45) is 4.44. The first-order valence-electron chi connectivity index (χ1n) is 9.20. The van der Waals surface area contributed by atoms with E-state index in [1.54, 1.807) is 24.1 Å². The fourth-order valence-corrected chi connectivity index (χ4v) is 3.54. The molecule has 0 spiro atoms. The summed E-state index contributed by atoms with van der Waals surface area (Å²) < 4.78 is 7.41. The van der Waals surface area contributed by atoms with Gasteiger partial charge in [0, 0.05) is 25.4 Å². The van der Waals surface area contributed by atoms with E-state index < -0.39 is 5.54 Å². The second kappa shape index (κ2) is 7.42. The maximum absolute atomic E-state index is 13.0. The van der Waals surface area contributed by atoms with Gasteiger partial charge in [0.25, 0.3) is 5.91 Å². The molecule has 2 heterocycles. The van der Waals surface area contributed by atoms with Crippen LogP contribution in [0, 0.1) is 13.8 Å². The lowest BCUT2D eigenvalue weighted by Crippen LogP contribution is -2.43. The van der Waals surface area contributed by atoms with Crippen molar-refractivity contribution in [1.29, 1.82) is 0 Å². The highest BCUT2D eigenvalue weighted by molar-refractivity contribution is 6.07. The summed E-state index contributed by atoms with van der Waals surface area (Å²) in [5.41, 5.74) is 1.96. The van der Waals surface area contributed by atoms with Crippen LogP contribution in [-0.4, -0.2) is 39.8 Å². The summed E-state index contributed by atoms with van der Waals surface area (Å²) in [6.45, 7) is 6.69. The van der Waals surface area contributed by atoms with E-state index in [4.69, 9.17) is 4.74 Å². The lowest BCUT2D eigenvalue weighted by atomic mass is 9.89. The van der Waals surface area contributed by atoms with Crippen LogP contribution in [-0.2, 0) is 17.4 Å². The Balaban J connectivity index is 1.62. The maximum atomic E-state index is 13.0. The van der Waals surface area contributed by atoms with Crippen molar-refractivity contribution >= 4 is 11.9 Å². The number of imide groups is 1. The Morgan fingerprint density at radius 3 is 2.48 bits per heavy atom. The number of nitrogens with one attached hydrogen (secondary N) is 1. The molecule has 0 bridgehead atoms. The van der Waals surface area contributed by atoms with E-state index >= 15 is 0 Å². The van der Waals surface area contributed by atoms with Crippen LogP contribution in [0.5, 0.6) is 5.75 Å². The number of rotatable bonds is 7. The van der Waals surface area contributed by atoms with Gasteiger partial charge in [0.2, 0.25) is 0 Å². The van der Waals surface area contributed by atoms with Crippen molar-refractivity contribution in [2.24, 2.45) is 7.05 Å². The van der Waals surface area contributed by atoms with Gasteiger partial charge in [-0.1, -0.05) is 13.0 Å². The van der Waals surface area contributed by atoms with Gasteiger partial charge in [0.1, 0.15) is 11.3 Å². The number of nitrogens with zero attached hydrogens (tertiary/aromatic N) is 3. The maximum Gasteiger partial charge on any atom is 0.325 e. The standard InChI is InChI=1S/C20H26N4O3/c1-5-20(16-12-21-23(4)13-16)18(25)24(19(26)22-20)7-6-8-27-17-10-14(2)9-15(3)11-17/h9-13H,5-8H2,1-4H3,(H,22,26)/t20-/m1/s1. The second-order valence-electron chi connectivity index (χ2n) is 7.07. The molecule has 1 fully saturated rings. The van der Waals surface area contributed by atoms with E-state index in [1.807, 2.05) is 32.9 Å². The number of benzene rings is 1. The number of carbonyl (C=O) groups excluding carboxylic acids is 2. The summed E-state index contributed by atoms with van der Waals surface area (Å²) in [6, 6.07) is 5.68. The Labute approximate surface area is 159 Å². The van der Waals surface area contributed by atoms with Crippen LogP contribution in [0.15, 0.2) is 30.6 Å². The number of aromatic nitrogens is 2. The molecule has 7 nitrogen and oxygen atoms in total. The van der Waals surface area contributed by atoms with Crippen LogP contribution in [0.2, 0.25) is 0 Å². The molecule has 7 heteroatoms. The van der Waals surface area contributed by atoms with Crippen LogP contribution in [0.1, 0.15) is 36.5 Å². The highest BCUT2D eigenvalue weighted by Gasteiger charge is 2.51. The SMILES string of the molecule is CC[C@]1(c2cnn(C)c2)NC(=O)N(CCCOc2cc(C)cc(C)c2)C1=O. The lowest BCUT2D eigenvalue weighted by molar-refractivity contribution is -0.131. The van der Waals surface area contributed by atoms with E-state index in [1.165, 1.54) is 4.90 Å². The molecule has 0 saturated carbocycles. The van der Waals surface area contributed by atoms with Crippen LogP contribution in [0.4, 0.5) is 4.79 Å². The minimum atomic E-state index is -1.03. The van der Waals surface area contributed by atoms with Crippen LogP contribution in [0.25, 0.3) is 0 Å². The minimum Gasteiger partial charge on any atom is -0.494 e. The predicted octanol–water partition coefficient (Wildman–Crippen LogP) is 2.66. The highest BCUT2D eigenvalue weighted by Crippen LogP contribution is 2.32. The van der Waals surface area contributed by atoms with Crippen LogP contribution in [0.3, 0.4) is 0 Å². The summed E-state index contributed by atoms with van der Waals surface area (Å²) in [5.74, 6) is 0.581. The Bertz CT molecular complexity index is 840. The van der Waals surface area contributed by atoms with Crippen LogP contribution >= 0.6 is 0 Å². The van der Waals surface area contributed by atoms with Crippen molar-refractivity contribution in [2.45, 2.75) is 39.2 Å². The number of hydrogen-bond donors (Lipinski definition) is 1. The van der Waals surface area contributed by atoms with Gasteiger partial charge in [-0.15, -0.1) is 0 Å². The number of amides is 3. The molecular weight excluding hydrogens is 344 g/mol. The van der Waals surface area contributed by atoms with Gasteiger partial charge in [-0.2, -0.15) is 5.10 Å². The molecule has 1 N–H and O–H groups in total. The second-order valence-corrected chi connectivity index (χ2v) is 7.07. The van der Waals surface area contributed by atoms with E-state index in [9.17, 15) is 9.59 Å². The zero-order valence-corrected chi connectivity index (χ0v) is 16.3. The molecule has 3 rings (SSSR count). The molecule has 1 aromatic carbocycles. The Morgan fingerprint density at radius 2 is 1.89 bits per heavy atom. The highest BCUT2D eigenvalue weighted by atomic mass is 16.5. The number of carbonyl (C=O) groups is 2. The molecule has 1 aliphatic heterocycles. The third kappa shape index (κ3) is 3.67. The van der Waals surface area contributed by atoms with Crippen LogP contribution < -0.4 is 10.1 Å². The van der Waals surface area contributed by atoms with Crippen molar-refractivity contribution < 1.29 is 14.3 Å². The van der Waals surface area contributed by atoms with Gasteiger partial charge < -0.3 is 10.1 Å². The Morgan fingerprint density at radius 1 is 1.19 bits per heavy atom. The average molecular weight is 370 g/mol. The molecule has 1 aromatic heterocycles. The molecule has 27 heavy (non-hydrogen) atoms. The predicted molar refractivity (Wildman–Crippen MR) is 101 cm³/mol. The molecule has 1 aliphatic rings. The molecule has 0 radical (unpaired) electrons. The fourth-order valence-electron chi connectivity index (χ4n) is 3.54. The largest absolute Gasteiger partial charge is 0.494 e. The Kier molecular flexibility index (Phi) is 5.21. The first-order valence-corrected chi connectivity index (χ1v) is 9.20. The van der Waals surface area contributed by atoms with Gasteiger partial charge in [-0.05, 0) is 49.9 Å². The Hall–Kier alpha value is -2.83. The summed E-state index contributed by atoms with van der Waals surface area (Å²) in [4.78, 5) is 26.7. The van der Waals surface area contributed by atoms with E-state index in [2.05, 4.69) is 16.5 Å². The minimum absolute atomic E-state index is 0.227. The van der Waals surface area contributed by atoms with Crippen molar-refractivity contribution in [1.82, 2.24) is 20.0 Å². The summed E-state index contributed by atoms with van der Waals surface area (Å²) in [7, 11) is 1.79. The van der Waals surface area contributed by atoms with Crippen molar-refractivity contribution in [2.75, 3.05) is 13.2 Å². The smallest absolute Gasteiger partial charge is 0.325 e. The van der Waals surface area contributed by atoms with E-state index in [-0.39, 0.29) is 11.9 Å². The molecule has 3 amide bonds. The van der Waals surface area contributed by atoms with Gasteiger partial charge in [0.15, 0.2) is 0 Å². The van der Waals surface area contributed by atoms with Gasteiger partial charge in [-0.3, -0.25) is 14.4 Å². The molecule has 1 saturated heterocycles. The van der Waals surface area contributed by atoms with Gasteiger partial charge in [-0.25, -0.2) is 4.79 Å². The van der Waals surface area contributed by atoms with Gasteiger partial charge >= 0.3 is 6.03 Å². The molecule has 0 aliphatic carbocycles. The number of hydrogen-bond acceptors (Lipinski definition) is 4. The normalized spacial score (nSPS) is 19.5. The lowest BCUT2D eigenvalue weighted by Gasteiger charge is -2.23. The third-order valence-electron chi connectivity index (χ3n) is 4.89. The molecule has 1 atom stereocenters. The van der Waals surface area contributed by atoms with E-state index in [0.717, 1.165) is 16.9 Å². The first-order chi connectivity index (χ1) is 12.9. The van der Waals surface area contributed by atoms with Crippen molar-refractivity contribution in [3.8, 4) is 5.75 Å². The zero-order valence-electron chi connectivity index (χ0n) is 16.3. The number of ether oxygens (including phenoxy) is 1. The van der Waals surface area contributed by atoms with Crippen molar-refractivity contribution in [3.05, 3.63) is 47.3 Å². The average Bonchev–Trinajstić information content (AvgIpc) is 3.14.